The molecule has 0 spiro atoms. The molecule has 1 aromatic carbocycles. The van der Waals surface area contributed by atoms with E-state index in [4.69, 9.17) is 0 Å². The first-order chi connectivity index (χ1) is 9.06. The smallest absolute Gasteiger partial charge is 0.153 e. The highest BCUT2D eigenvalue weighted by atomic mass is 79.9. The van der Waals surface area contributed by atoms with Crippen molar-refractivity contribution < 1.29 is 4.79 Å². The largest absolute Gasteiger partial charge is 0.298 e. The molecule has 4 heteroatoms. The van der Waals surface area contributed by atoms with Crippen LogP contribution in [0.1, 0.15) is 42.2 Å². The lowest BCUT2D eigenvalue weighted by Gasteiger charge is -2.08. The number of carbonyl (C=O) groups is 1. The number of aryl methyl sites for hydroxylation is 1. The van der Waals surface area contributed by atoms with Crippen molar-refractivity contribution in [2.75, 3.05) is 0 Å². The average molecular weight is 321 g/mol. The van der Waals surface area contributed by atoms with E-state index in [9.17, 15) is 4.79 Å². The van der Waals surface area contributed by atoms with Crippen molar-refractivity contribution in [3.8, 4) is 11.3 Å². The Kier molecular flexibility index (Phi) is 4.20. The molecule has 1 heterocycles. The predicted molar refractivity (Wildman–Crippen MR) is 80.5 cm³/mol. The molecule has 0 saturated carbocycles. The molecule has 2 rings (SSSR count). The van der Waals surface area contributed by atoms with Crippen LogP contribution >= 0.6 is 15.9 Å². The minimum Gasteiger partial charge on any atom is -0.298 e. The van der Waals surface area contributed by atoms with Gasteiger partial charge in [-0.25, -0.2) is 0 Å². The summed E-state index contributed by atoms with van der Waals surface area (Å²) in [5, 5.41) is 4.56. The van der Waals surface area contributed by atoms with Gasteiger partial charge < -0.3 is 0 Å². The third kappa shape index (κ3) is 2.78. The first-order valence-corrected chi connectivity index (χ1v) is 7.17. The molecule has 1 unspecified atom stereocenters. The third-order valence-electron chi connectivity index (χ3n) is 3.36. The minimum absolute atomic E-state index is 0.295. The van der Waals surface area contributed by atoms with E-state index in [0.717, 1.165) is 34.0 Å². The maximum Gasteiger partial charge on any atom is 0.153 e. The lowest BCUT2D eigenvalue weighted by molar-refractivity contribution is 0.112. The topological polar surface area (TPSA) is 34.9 Å². The van der Waals surface area contributed by atoms with Gasteiger partial charge in [0.1, 0.15) is 5.69 Å². The van der Waals surface area contributed by atoms with E-state index in [1.54, 1.807) is 0 Å². The molecule has 3 nitrogen and oxygen atoms in total. The van der Waals surface area contributed by atoms with Crippen LogP contribution in [0.25, 0.3) is 11.3 Å². The normalized spacial score (nSPS) is 12.4. The molecule has 0 fully saturated rings. The van der Waals surface area contributed by atoms with E-state index in [1.165, 1.54) is 0 Å². The average Bonchev–Trinajstić information content (AvgIpc) is 2.85. The van der Waals surface area contributed by atoms with Crippen LogP contribution in [0.4, 0.5) is 0 Å². The van der Waals surface area contributed by atoms with E-state index in [-0.39, 0.29) is 0 Å². The Bertz CT molecular complexity index is 604. The van der Waals surface area contributed by atoms with E-state index in [1.807, 2.05) is 36.0 Å². The molecule has 2 aromatic rings. The van der Waals surface area contributed by atoms with Crippen LogP contribution in [-0.4, -0.2) is 16.1 Å². The van der Waals surface area contributed by atoms with Crippen molar-refractivity contribution in [3.63, 3.8) is 0 Å². The number of nitrogens with zero attached hydrogens (tertiary/aromatic N) is 2. The van der Waals surface area contributed by atoms with Crippen LogP contribution in [0.5, 0.6) is 0 Å². The van der Waals surface area contributed by atoms with Gasteiger partial charge in [-0.3, -0.25) is 9.48 Å². The Balaban J connectivity index is 2.51. The Labute approximate surface area is 121 Å². The van der Waals surface area contributed by atoms with Crippen molar-refractivity contribution in [1.82, 2.24) is 9.78 Å². The van der Waals surface area contributed by atoms with Crippen LogP contribution in [0.2, 0.25) is 0 Å². The molecule has 100 valence electrons. The Morgan fingerprint density at radius 3 is 2.79 bits per heavy atom. The van der Waals surface area contributed by atoms with Gasteiger partial charge in [-0.15, -0.1) is 0 Å². The SMILES string of the molecule is CCC(C)n1cc(C=O)c(-c2ccc(Br)c(C)c2)n1. The number of rotatable bonds is 4. The Morgan fingerprint density at radius 2 is 2.21 bits per heavy atom. The number of halogens is 1. The molecule has 1 atom stereocenters. The minimum atomic E-state index is 0.295. The van der Waals surface area contributed by atoms with Gasteiger partial charge in [-0.1, -0.05) is 28.9 Å². The van der Waals surface area contributed by atoms with Crippen LogP contribution in [0, 0.1) is 6.92 Å². The summed E-state index contributed by atoms with van der Waals surface area (Å²) in [7, 11) is 0. The van der Waals surface area contributed by atoms with E-state index >= 15 is 0 Å². The maximum absolute atomic E-state index is 11.2. The van der Waals surface area contributed by atoms with Crippen LogP contribution < -0.4 is 0 Å². The second-order valence-corrected chi connectivity index (χ2v) is 5.61. The molecule has 1 aromatic heterocycles. The van der Waals surface area contributed by atoms with E-state index in [2.05, 4.69) is 34.9 Å². The molecule has 0 aliphatic heterocycles. The van der Waals surface area contributed by atoms with Crippen LogP contribution in [-0.2, 0) is 0 Å². The van der Waals surface area contributed by atoms with Crippen molar-refractivity contribution in [1.29, 1.82) is 0 Å². The lowest BCUT2D eigenvalue weighted by atomic mass is 10.1. The molecule has 0 saturated heterocycles. The Hall–Kier alpha value is -1.42. The van der Waals surface area contributed by atoms with Crippen molar-refractivity contribution in [2.24, 2.45) is 0 Å². The standard InChI is InChI=1S/C15H17BrN2O/c1-4-11(3)18-8-13(9-19)15(17-18)12-5-6-14(16)10(2)7-12/h5-9,11H,4H2,1-3H3. The van der Waals surface area contributed by atoms with Gasteiger partial charge in [-0.2, -0.15) is 5.10 Å². The summed E-state index contributed by atoms with van der Waals surface area (Å²) in [6, 6.07) is 6.30. The number of aldehydes is 1. The predicted octanol–water partition coefficient (Wildman–Crippen LogP) is 4.40. The highest BCUT2D eigenvalue weighted by molar-refractivity contribution is 9.10. The third-order valence-corrected chi connectivity index (χ3v) is 4.25. The van der Waals surface area contributed by atoms with Gasteiger partial charge >= 0.3 is 0 Å². The molecular formula is C15H17BrN2O. The molecule has 19 heavy (non-hydrogen) atoms. The second kappa shape index (κ2) is 5.70. The van der Waals surface area contributed by atoms with Gasteiger partial charge in [-0.05, 0) is 38.0 Å². The quantitative estimate of drug-likeness (QED) is 0.782. The fourth-order valence-electron chi connectivity index (χ4n) is 1.92. The number of hydrogen-bond acceptors (Lipinski definition) is 2. The number of hydrogen-bond donors (Lipinski definition) is 0. The molecule has 0 amide bonds. The molecule has 0 bridgehead atoms. The monoisotopic (exact) mass is 320 g/mol. The molecule has 0 N–H and O–H groups in total. The highest BCUT2D eigenvalue weighted by Crippen LogP contribution is 2.27. The maximum atomic E-state index is 11.2. The Morgan fingerprint density at radius 1 is 1.47 bits per heavy atom. The summed E-state index contributed by atoms with van der Waals surface area (Å²) in [6.07, 6.45) is 3.69. The molecule has 0 aliphatic rings. The first-order valence-electron chi connectivity index (χ1n) is 6.37. The van der Waals surface area contributed by atoms with E-state index < -0.39 is 0 Å². The van der Waals surface area contributed by atoms with Crippen LogP contribution in [0.15, 0.2) is 28.9 Å². The zero-order chi connectivity index (χ0) is 14.0. The zero-order valence-electron chi connectivity index (χ0n) is 11.4. The fourth-order valence-corrected chi connectivity index (χ4v) is 2.17. The summed E-state index contributed by atoms with van der Waals surface area (Å²) in [6.45, 7) is 6.23. The van der Waals surface area contributed by atoms with Gasteiger partial charge in [0.25, 0.3) is 0 Å². The zero-order valence-corrected chi connectivity index (χ0v) is 12.9. The molecular weight excluding hydrogens is 304 g/mol. The van der Waals surface area contributed by atoms with Crippen molar-refractivity contribution in [3.05, 3.63) is 40.0 Å². The summed E-state index contributed by atoms with van der Waals surface area (Å²) in [4.78, 5) is 11.2. The molecule has 0 radical (unpaired) electrons. The van der Waals surface area contributed by atoms with Gasteiger partial charge in [0, 0.05) is 22.3 Å². The van der Waals surface area contributed by atoms with Crippen molar-refractivity contribution in [2.45, 2.75) is 33.2 Å². The van der Waals surface area contributed by atoms with E-state index in [0.29, 0.717) is 11.6 Å². The first kappa shape index (κ1) is 14.0. The van der Waals surface area contributed by atoms with Gasteiger partial charge in [0.05, 0.1) is 5.56 Å². The summed E-state index contributed by atoms with van der Waals surface area (Å²) in [5.41, 5.74) is 3.50. The van der Waals surface area contributed by atoms with Gasteiger partial charge in [0.2, 0.25) is 0 Å². The number of carbonyl (C=O) groups excluding carboxylic acids is 1. The van der Waals surface area contributed by atoms with Crippen molar-refractivity contribution >= 4 is 22.2 Å². The number of benzene rings is 1. The number of aromatic nitrogens is 2. The van der Waals surface area contributed by atoms with Crippen LogP contribution in [0.3, 0.4) is 0 Å². The second-order valence-electron chi connectivity index (χ2n) is 4.75. The highest BCUT2D eigenvalue weighted by Gasteiger charge is 2.13. The fraction of sp³-hybridized carbons (Fsp3) is 0.333. The lowest BCUT2D eigenvalue weighted by Crippen LogP contribution is -2.04. The summed E-state index contributed by atoms with van der Waals surface area (Å²) >= 11 is 3.48. The van der Waals surface area contributed by atoms with Gasteiger partial charge in [0.15, 0.2) is 6.29 Å². The summed E-state index contributed by atoms with van der Waals surface area (Å²) in [5.74, 6) is 0. The summed E-state index contributed by atoms with van der Waals surface area (Å²) < 4.78 is 2.93. The molecule has 0 aliphatic carbocycles.